The first-order valence-electron chi connectivity index (χ1n) is 5.50. The summed E-state index contributed by atoms with van der Waals surface area (Å²) in [4.78, 5) is 0.583. The van der Waals surface area contributed by atoms with Gasteiger partial charge < -0.3 is 5.11 Å². The summed E-state index contributed by atoms with van der Waals surface area (Å²) in [6, 6.07) is 7.52. The summed E-state index contributed by atoms with van der Waals surface area (Å²) in [6.07, 6.45) is 3.36. The van der Waals surface area contributed by atoms with Crippen molar-refractivity contribution in [1.29, 1.82) is 0 Å². The van der Waals surface area contributed by atoms with Gasteiger partial charge in [0.05, 0.1) is 0 Å². The van der Waals surface area contributed by atoms with Crippen LogP contribution in [0, 0.1) is 5.92 Å². The van der Waals surface area contributed by atoms with E-state index in [-0.39, 0.29) is 0 Å². The Kier molecular flexibility index (Phi) is 5.16. The molecule has 0 aliphatic carbocycles. The third kappa shape index (κ3) is 5.22. The number of rotatable bonds is 5. The van der Waals surface area contributed by atoms with Crippen LogP contribution in [0.5, 0.6) is 5.75 Å². The molecule has 1 N–H and O–H groups in total. The molecule has 1 atom stereocenters. The predicted molar refractivity (Wildman–Crippen MR) is 68.6 cm³/mol. The Morgan fingerprint density at radius 3 is 2.67 bits per heavy atom. The highest BCUT2D eigenvalue weighted by Crippen LogP contribution is 2.20. The highest BCUT2D eigenvalue weighted by molar-refractivity contribution is 9.09. The van der Waals surface area contributed by atoms with E-state index in [1.807, 2.05) is 12.1 Å². The van der Waals surface area contributed by atoms with Crippen LogP contribution >= 0.6 is 15.9 Å². The molecule has 0 spiro atoms. The molecule has 0 bridgehead atoms. The van der Waals surface area contributed by atoms with Crippen LogP contribution < -0.4 is 0 Å². The Morgan fingerprint density at radius 2 is 2.07 bits per heavy atom. The average molecular weight is 271 g/mol. The van der Waals surface area contributed by atoms with Gasteiger partial charge in [-0.25, -0.2) is 0 Å². The van der Waals surface area contributed by atoms with Crippen LogP contribution in [0.4, 0.5) is 0 Å². The van der Waals surface area contributed by atoms with Gasteiger partial charge in [0, 0.05) is 4.83 Å². The summed E-state index contributed by atoms with van der Waals surface area (Å²) in [7, 11) is 0. The lowest BCUT2D eigenvalue weighted by Crippen LogP contribution is -2.04. The van der Waals surface area contributed by atoms with Crippen molar-refractivity contribution in [2.45, 2.75) is 37.9 Å². The predicted octanol–water partition coefficient (Wildman–Crippen LogP) is 4.13. The van der Waals surface area contributed by atoms with Crippen LogP contribution in [0.25, 0.3) is 0 Å². The fraction of sp³-hybridized carbons (Fsp3) is 0.538. The molecule has 0 radical (unpaired) electrons. The number of hydrogen-bond acceptors (Lipinski definition) is 1. The fourth-order valence-electron chi connectivity index (χ4n) is 1.66. The molecule has 0 saturated carbocycles. The van der Waals surface area contributed by atoms with Crippen molar-refractivity contribution in [2.24, 2.45) is 5.92 Å². The number of hydrogen-bond donors (Lipinski definition) is 1. The summed E-state index contributed by atoms with van der Waals surface area (Å²) in [5.41, 5.74) is 1.21. The molecule has 1 aromatic carbocycles. The molecule has 1 aromatic rings. The van der Waals surface area contributed by atoms with E-state index in [4.69, 9.17) is 0 Å². The van der Waals surface area contributed by atoms with Crippen molar-refractivity contribution in [3.8, 4) is 5.75 Å². The maximum atomic E-state index is 9.31. The Hall–Kier alpha value is -0.500. The Morgan fingerprint density at radius 1 is 1.33 bits per heavy atom. The largest absolute Gasteiger partial charge is 0.508 e. The number of aryl methyl sites for hydroxylation is 1. The lowest BCUT2D eigenvalue weighted by atomic mass is 10.0. The summed E-state index contributed by atoms with van der Waals surface area (Å²) in [6.45, 7) is 4.48. The minimum absolute atomic E-state index is 0.363. The average Bonchev–Trinajstić information content (AvgIpc) is 2.14. The van der Waals surface area contributed by atoms with E-state index >= 15 is 0 Å². The van der Waals surface area contributed by atoms with Gasteiger partial charge in [-0.2, -0.15) is 0 Å². The zero-order chi connectivity index (χ0) is 11.3. The molecule has 0 fully saturated rings. The molecule has 1 rings (SSSR count). The summed E-state index contributed by atoms with van der Waals surface area (Å²) in [5, 5.41) is 9.31. The van der Waals surface area contributed by atoms with Crippen molar-refractivity contribution in [2.75, 3.05) is 0 Å². The zero-order valence-electron chi connectivity index (χ0n) is 9.41. The van der Waals surface area contributed by atoms with Gasteiger partial charge in [0.15, 0.2) is 0 Å². The van der Waals surface area contributed by atoms with Gasteiger partial charge in [0.25, 0.3) is 0 Å². The monoisotopic (exact) mass is 270 g/mol. The maximum Gasteiger partial charge on any atom is 0.115 e. The third-order valence-electron chi connectivity index (χ3n) is 2.38. The van der Waals surface area contributed by atoms with Gasteiger partial charge in [0.1, 0.15) is 5.75 Å². The molecule has 84 valence electrons. The first-order chi connectivity index (χ1) is 7.08. The Balaban J connectivity index is 2.36. The normalized spacial score (nSPS) is 13.1. The number of halogens is 1. The number of phenols is 1. The SMILES string of the molecule is CC(C)CC(Br)CCc1cccc(O)c1. The summed E-state index contributed by atoms with van der Waals surface area (Å²) >= 11 is 3.69. The van der Waals surface area contributed by atoms with Gasteiger partial charge in [0.2, 0.25) is 0 Å². The molecule has 1 unspecified atom stereocenters. The second-order valence-corrected chi connectivity index (χ2v) is 5.73. The maximum absolute atomic E-state index is 9.31. The molecular formula is C13H19BrO. The fourth-order valence-corrected chi connectivity index (χ4v) is 2.64. The summed E-state index contributed by atoms with van der Waals surface area (Å²) in [5.74, 6) is 1.10. The number of aromatic hydroxyl groups is 1. The second-order valence-electron chi connectivity index (χ2n) is 4.44. The van der Waals surface area contributed by atoms with Gasteiger partial charge >= 0.3 is 0 Å². The molecule has 0 heterocycles. The second kappa shape index (κ2) is 6.16. The van der Waals surface area contributed by atoms with Crippen molar-refractivity contribution in [3.63, 3.8) is 0 Å². The van der Waals surface area contributed by atoms with Crippen LogP contribution in [0.15, 0.2) is 24.3 Å². The molecule has 0 saturated heterocycles. The smallest absolute Gasteiger partial charge is 0.115 e. The molecule has 15 heavy (non-hydrogen) atoms. The van der Waals surface area contributed by atoms with E-state index in [2.05, 4.69) is 35.8 Å². The lowest BCUT2D eigenvalue weighted by molar-refractivity contribution is 0.474. The molecule has 0 amide bonds. The van der Waals surface area contributed by atoms with Gasteiger partial charge in [-0.05, 0) is 42.9 Å². The summed E-state index contributed by atoms with van der Waals surface area (Å²) < 4.78 is 0. The first-order valence-corrected chi connectivity index (χ1v) is 6.41. The van der Waals surface area contributed by atoms with Crippen molar-refractivity contribution >= 4 is 15.9 Å². The topological polar surface area (TPSA) is 20.2 Å². The van der Waals surface area contributed by atoms with Crippen molar-refractivity contribution in [1.82, 2.24) is 0 Å². The molecule has 2 heteroatoms. The van der Waals surface area contributed by atoms with Crippen LogP contribution in [0.3, 0.4) is 0 Å². The molecular weight excluding hydrogens is 252 g/mol. The van der Waals surface area contributed by atoms with Crippen LogP contribution in [-0.2, 0) is 6.42 Å². The standard InChI is InChI=1S/C13H19BrO/c1-10(2)8-12(14)7-6-11-4-3-5-13(15)9-11/h3-5,9-10,12,15H,6-8H2,1-2H3. The van der Waals surface area contributed by atoms with E-state index < -0.39 is 0 Å². The number of benzene rings is 1. The first kappa shape index (κ1) is 12.6. The van der Waals surface area contributed by atoms with Crippen LogP contribution in [0.1, 0.15) is 32.3 Å². The van der Waals surface area contributed by atoms with E-state index in [0.29, 0.717) is 10.6 Å². The molecule has 1 nitrogen and oxygen atoms in total. The molecule has 0 aliphatic heterocycles. The van der Waals surface area contributed by atoms with Gasteiger partial charge in [-0.3, -0.25) is 0 Å². The van der Waals surface area contributed by atoms with Crippen LogP contribution in [0.2, 0.25) is 0 Å². The molecule has 0 aromatic heterocycles. The Bertz CT molecular complexity index is 296. The minimum Gasteiger partial charge on any atom is -0.508 e. The highest BCUT2D eigenvalue weighted by Gasteiger charge is 2.07. The Labute approximate surface area is 101 Å². The molecule has 0 aliphatic rings. The van der Waals surface area contributed by atoms with Gasteiger partial charge in [-0.1, -0.05) is 41.9 Å². The van der Waals surface area contributed by atoms with Crippen molar-refractivity contribution in [3.05, 3.63) is 29.8 Å². The van der Waals surface area contributed by atoms with Gasteiger partial charge in [-0.15, -0.1) is 0 Å². The lowest BCUT2D eigenvalue weighted by Gasteiger charge is -2.12. The third-order valence-corrected chi connectivity index (χ3v) is 3.22. The zero-order valence-corrected chi connectivity index (χ0v) is 11.0. The highest BCUT2D eigenvalue weighted by atomic mass is 79.9. The van der Waals surface area contributed by atoms with Crippen LogP contribution in [-0.4, -0.2) is 9.93 Å². The number of phenolic OH excluding ortho intramolecular Hbond substituents is 1. The van der Waals surface area contributed by atoms with E-state index in [0.717, 1.165) is 18.8 Å². The quantitative estimate of drug-likeness (QED) is 0.798. The van der Waals surface area contributed by atoms with E-state index in [1.165, 1.54) is 12.0 Å². The van der Waals surface area contributed by atoms with E-state index in [9.17, 15) is 5.11 Å². The number of alkyl halides is 1. The minimum atomic E-state index is 0.363. The van der Waals surface area contributed by atoms with E-state index in [1.54, 1.807) is 6.07 Å². The van der Waals surface area contributed by atoms with Crippen molar-refractivity contribution < 1.29 is 5.11 Å².